The number of ether oxygens (including phenoxy) is 1. The summed E-state index contributed by atoms with van der Waals surface area (Å²) in [7, 11) is 1.99. The molecule has 0 saturated heterocycles. The van der Waals surface area contributed by atoms with E-state index in [1.807, 2.05) is 25.2 Å². The average molecular weight is 330 g/mol. The summed E-state index contributed by atoms with van der Waals surface area (Å²) in [6.45, 7) is 5.12. The lowest BCUT2D eigenvalue weighted by Crippen LogP contribution is -2.47. The van der Waals surface area contributed by atoms with Gasteiger partial charge in [-0.2, -0.15) is 0 Å². The first-order chi connectivity index (χ1) is 10.0. The van der Waals surface area contributed by atoms with Crippen LogP contribution in [-0.4, -0.2) is 19.3 Å². The zero-order valence-electron chi connectivity index (χ0n) is 13.1. The first-order valence-electron chi connectivity index (χ1n) is 7.78. The van der Waals surface area contributed by atoms with Crippen molar-refractivity contribution in [2.45, 2.75) is 51.2 Å². The lowest BCUT2D eigenvalue weighted by atomic mass is 9.73. The fraction of sp³-hybridized carbons (Fsp3) is 0.647. The Bertz CT molecular complexity index is 470. The predicted molar refractivity (Wildman–Crippen MR) is 90.3 cm³/mol. The third-order valence-corrected chi connectivity index (χ3v) is 5.38. The highest BCUT2D eigenvalue weighted by Gasteiger charge is 2.42. The number of benzene rings is 1. The minimum atomic E-state index is -0.146. The summed E-state index contributed by atoms with van der Waals surface area (Å²) in [5.41, 5.74) is 1.00. The smallest absolute Gasteiger partial charge is 0.0876 e. The van der Waals surface area contributed by atoms with Crippen LogP contribution in [0.4, 0.5) is 0 Å². The summed E-state index contributed by atoms with van der Waals surface area (Å²) in [6, 6.07) is 6.02. The molecule has 0 radical (unpaired) electrons. The normalized spacial score (nSPS) is 27.6. The molecule has 0 amide bonds. The second kappa shape index (κ2) is 7.32. The standard InChI is InChI=1S/C17H25Cl2NO/c1-4-21-17(9-7-12(2)8-10-17)16(20-3)13-5-6-14(18)15(19)11-13/h5-6,11-12,16,20H,4,7-10H2,1-3H3. The van der Waals surface area contributed by atoms with Gasteiger partial charge in [0.25, 0.3) is 0 Å². The molecule has 1 atom stereocenters. The molecule has 0 spiro atoms. The van der Waals surface area contributed by atoms with Crippen LogP contribution in [0.3, 0.4) is 0 Å². The SMILES string of the molecule is CCOC1(C(NC)c2ccc(Cl)c(Cl)c2)CCC(C)CC1. The van der Waals surface area contributed by atoms with Gasteiger partial charge in [0.15, 0.2) is 0 Å². The Hall–Kier alpha value is -0.280. The van der Waals surface area contributed by atoms with Gasteiger partial charge < -0.3 is 10.1 Å². The fourth-order valence-corrected chi connectivity index (χ4v) is 3.79. The lowest BCUT2D eigenvalue weighted by molar-refractivity contribution is -0.0962. The van der Waals surface area contributed by atoms with Crippen LogP contribution in [0.2, 0.25) is 10.0 Å². The number of rotatable bonds is 5. The van der Waals surface area contributed by atoms with Gasteiger partial charge in [-0.25, -0.2) is 0 Å². The van der Waals surface area contributed by atoms with E-state index in [0.717, 1.165) is 30.9 Å². The Balaban J connectivity index is 2.33. The minimum Gasteiger partial charge on any atom is -0.373 e. The van der Waals surface area contributed by atoms with E-state index in [0.29, 0.717) is 10.0 Å². The van der Waals surface area contributed by atoms with Crippen molar-refractivity contribution in [2.24, 2.45) is 5.92 Å². The van der Waals surface area contributed by atoms with E-state index in [4.69, 9.17) is 27.9 Å². The third-order valence-electron chi connectivity index (χ3n) is 4.64. The van der Waals surface area contributed by atoms with Gasteiger partial charge in [0.05, 0.1) is 21.7 Å². The van der Waals surface area contributed by atoms with Crippen LogP contribution < -0.4 is 5.32 Å². The molecule has 1 aromatic carbocycles. The van der Waals surface area contributed by atoms with Crippen molar-refractivity contribution in [1.29, 1.82) is 0 Å². The summed E-state index contributed by atoms with van der Waals surface area (Å²) in [5.74, 6) is 0.782. The van der Waals surface area contributed by atoms with E-state index >= 15 is 0 Å². The Morgan fingerprint density at radius 1 is 1.29 bits per heavy atom. The third kappa shape index (κ3) is 3.73. The molecule has 0 heterocycles. The van der Waals surface area contributed by atoms with Crippen LogP contribution in [-0.2, 0) is 4.74 Å². The maximum absolute atomic E-state index is 6.26. The molecule has 0 aromatic heterocycles. The molecule has 1 aliphatic rings. The molecule has 2 rings (SSSR count). The van der Waals surface area contributed by atoms with E-state index in [1.54, 1.807) is 0 Å². The Morgan fingerprint density at radius 3 is 2.48 bits per heavy atom. The predicted octanol–water partition coefficient (Wildman–Crippen LogP) is 5.24. The fourth-order valence-electron chi connectivity index (χ4n) is 3.48. The van der Waals surface area contributed by atoms with Crippen molar-refractivity contribution in [3.63, 3.8) is 0 Å². The van der Waals surface area contributed by atoms with E-state index in [9.17, 15) is 0 Å². The summed E-state index contributed by atoms with van der Waals surface area (Å²) < 4.78 is 6.26. The molecule has 21 heavy (non-hydrogen) atoms. The Kier molecular flexibility index (Phi) is 5.96. The first-order valence-corrected chi connectivity index (χ1v) is 8.54. The van der Waals surface area contributed by atoms with E-state index < -0.39 is 0 Å². The van der Waals surface area contributed by atoms with E-state index in [1.165, 1.54) is 12.8 Å². The average Bonchev–Trinajstić information content (AvgIpc) is 2.47. The van der Waals surface area contributed by atoms with Crippen molar-refractivity contribution in [1.82, 2.24) is 5.32 Å². The van der Waals surface area contributed by atoms with Crippen molar-refractivity contribution >= 4 is 23.2 Å². The van der Waals surface area contributed by atoms with Crippen LogP contribution in [0.25, 0.3) is 0 Å². The van der Waals surface area contributed by atoms with Crippen molar-refractivity contribution in [3.8, 4) is 0 Å². The van der Waals surface area contributed by atoms with Gasteiger partial charge in [-0.1, -0.05) is 36.2 Å². The largest absolute Gasteiger partial charge is 0.373 e. The Morgan fingerprint density at radius 2 is 1.95 bits per heavy atom. The highest BCUT2D eigenvalue weighted by Crippen LogP contribution is 2.43. The van der Waals surface area contributed by atoms with Crippen LogP contribution in [0.15, 0.2) is 18.2 Å². The van der Waals surface area contributed by atoms with Gasteiger partial charge in [0.1, 0.15) is 0 Å². The number of nitrogens with one attached hydrogen (secondary N) is 1. The second-order valence-electron chi connectivity index (χ2n) is 6.08. The topological polar surface area (TPSA) is 21.3 Å². The summed E-state index contributed by atoms with van der Waals surface area (Å²) in [6.07, 6.45) is 4.57. The van der Waals surface area contributed by atoms with Crippen LogP contribution in [0.5, 0.6) is 0 Å². The van der Waals surface area contributed by atoms with Gasteiger partial charge in [0.2, 0.25) is 0 Å². The molecule has 1 N–H and O–H groups in total. The van der Waals surface area contributed by atoms with E-state index in [2.05, 4.69) is 19.2 Å². The molecule has 1 unspecified atom stereocenters. The minimum absolute atomic E-state index is 0.139. The molecule has 1 aliphatic carbocycles. The van der Waals surface area contributed by atoms with Crippen molar-refractivity contribution in [3.05, 3.63) is 33.8 Å². The molecule has 1 fully saturated rings. The molecule has 1 saturated carbocycles. The molecule has 1 aromatic rings. The first kappa shape index (κ1) is 17.1. The number of hydrogen-bond acceptors (Lipinski definition) is 2. The zero-order valence-corrected chi connectivity index (χ0v) is 14.6. The van der Waals surface area contributed by atoms with Crippen LogP contribution in [0, 0.1) is 5.92 Å². The molecule has 0 aliphatic heterocycles. The van der Waals surface area contributed by atoms with Crippen molar-refractivity contribution < 1.29 is 4.74 Å². The van der Waals surface area contributed by atoms with Gasteiger partial charge in [-0.15, -0.1) is 0 Å². The molecule has 118 valence electrons. The number of halogens is 2. The number of likely N-dealkylation sites (N-methyl/N-ethyl adjacent to an activating group) is 1. The zero-order chi connectivity index (χ0) is 15.5. The Labute approximate surface area is 138 Å². The summed E-state index contributed by atoms with van der Waals surface area (Å²) >= 11 is 12.2. The lowest BCUT2D eigenvalue weighted by Gasteiger charge is -2.45. The monoisotopic (exact) mass is 329 g/mol. The maximum Gasteiger partial charge on any atom is 0.0876 e. The summed E-state index contributed by atoms with van der Waals surface area (Å²) in [5, 5.41) is 4.65. The number of hydrogen-bond donors (Lipinski definition) is 1. The quantitative estimate of drug-likeness (QED) is 0.797. The van der Waals surface area contributed by atoms with Crippen LogP contribution in [0.1, 0.15) is 51.1 Å². The molecular weight excluding hydrogens is 305 g/mol. The van der Waals surface area contributed by atoms with Crippen molar-refractivity contribution in [2.75, 3.05) is 13.7 Å². The van der Waals surface area contributed by atoms with Gasteiger partial charge >= 0.3 is 0 Å². The van der Waals surface area contributed by atoms with Gasteiger partial charge in [-0.3, -0.25) is 0 Å². The maximum atomic E-state index is 6.26. The van der Waals surface area contributed by atoms with Gasteiger partial charge in [0, 0.05) is 6.61 Å². The molecule has 0 bridgehead atoms. The van der Waals surface area contributed by atoms with Gasteiger partial charge in [-0.05, 0) is 63.3 Å². The van der Waals surface area contributed by atoms with E-state index in [-0.39, 0.29) is 11.6 Å². The summed E-state index contributed by atoms with van der Waals surface area (Å²) in [4.78, 5) is 0. The van der Waals surface area contributed by atoms with Crippen LogP contribution >= 0.6 is 23.2 Å². The molecule has 4 heteroatoms. The second-order valence-corrected chi connectivity index (χ2v) is 6.89. The molecule has 2 nitrogen and oxygen atoms in total. The highest BCUT2D eigenvalue weighted by molar-refractivity contribution is 6.42. The molecular formula is C17H25Cl2NO. The highest BCUT2D eigenvalue weighted by atomic mass is 35.5.